The molecule has 4 nitrogen and oxygen atoms in total. The van der Waals surface area contributed by atoms with E-state index in [2.05, 4.69) is 26.2 Å². The van der Waals surface area contributed by atoms with Gasteiger partial charge in [-0.1, -0.05) is 30.0 Å². The molecule has 0 spiro atoms. The Labute approximate surface area is 142 Å². The SMILES string of the molecule is COc1ccccc1C(C)NC(=O)CSc1ccc(Br)cn1. The second kappa shape index (κ2) is 8.19. The number of aromatic nitrogens is 1. The maximum Gasteiger partial charge on any atom is 0.230 e. The van der Waals surface area contributed by atoms with Crippen LogP contribution < -0.4 is 10.1 Å². The first-order valence-electron chi connectivity index (χ1n) is 6.77. The monoisotopic (exact) mass is 380 g/mol. The standard InChI is InChI=1S/C16H17BrN2O2S/c1-11(13-5-3-4-6-14(13)21-2)19-15(20)10-22-16-8-7-12(17)9-18-16/h3-9,11H,10H2,1-2H3,(H,19,20). The molecule has 1 heterocycles. The number of carbonyl (C=O) groups is 1. The van der Waals surface area contributed by atoms with Gasteiger partial charge in [-0.05, 0) is 41.1 Å². The first kappa shape index (κ1) is 16.8. The van der Waals surface area contributed by atoms with E-state index in [9.17, 15) is 4.79 Å². The van der Waals surface area contributed by atoms with Gasteiger partial charge in [-0.25, -0.2) is 4.98 Å². The highest BCUT2D eigenvalue weighted by Crippen LogP contribution is 2.24. The third kappa shape index (κ3) is 4.74. The smallest absolute Gasteiger partial charge is 0.230 e. The Balaban J connectivity index is 1.90. The lowest BCUT2D eigenvalue weighted by molar-refractivity contribution is -0.119. The quantitative estimate of drug-likeness (QED) is 0.773. The van der Waals surface area contributed by atoms with E-state index in [1.165, 1.54) is 11.8 Å². The molecule has 0 saturated heterocycles. The summed E-state index contributed by atoms with van der Waals surface area (Å²) in [7, 11) is 1.63. The van der Waals surface area contributed by atoms with Crippen molar-refractivity contribution in [1.29, 1.82) is 0 Å². The van der Waals surface area contributed by atoms with Gasteiger partial charge in [0.05, 0.1) is 23.9 Å². The highest BCUT2D eigenvalue weighted by Gasteiger charge is 2.13. The Morgan fingerprint density at radius 2 is 2.14 bits per heavy atom. The lowest BCUT2D eigenvalue weighted by Crippen LogP contribution is -2.28. The zero-order valence-corrected chi connectivity index (χ0v) is 14.8. The van der Waals surface area contributed by atoms with Crippen LogP contribution >= 0.6 is 27.7 Å². The molecule has 1 aromatic carbocycles. The summed E-state index contributed by atoms with van der Waals surface area (Å²) in [5.74, 6) is 1.07. The molecule has 2 rings (SSSR count). The summed E-state index contributed by atoms with van der Waals surface area (Å²) >= 11 is 4.74. The first-order chi connectivity index (χ1) is 10.6. The number of rotatable bonds is 6. The Bertz CT molecular complexity index is 634. The van der Waals surface area contributed by atoms with Gasteiger partial charge in [0.2, 0.25) is 5.91 Å². The highest BCUT2D eigenvalue weighted by molar-refractivity contribution is 9.10. The molecule has 0 aliphatic carbocycles. The van der Waals surface area contributed by atoms with Crippen molar-refractivity contribution in [2.75, 3.05) is 12.9 Å². The van der Waals surface area contributed by atoms with Crippen LogP contribution in [0.1, 0.15) is 18.5 Å². The van der Waals surface area contributed by atoms with E-state index in [4.69, 9.17) is 4.74 Å². The van der Waals surface area contributed by atoms with Crippen molar-refractivity contribution in [3.05, 3.63) is 52.6 Å². The summed E-state index contributed by atoms with van der Waals surface area (Å²) in [4.78, 5) is 16.3. The minimum atomic E-state index is -0.109. The van der Waals surface area contributed by atoms with Crippen LogP contribution in [-0.4, -0.2) is 23.8 Å². The maximum absolute atomic E-state index is 12.1. The number of methoxy groups -OCH3 is 1. The Hall–Kier alpha value is -1.53. The van der Waals surface area contributed by atoms with Gasteiger partial charge in [-0.3, -0.25) is 4.79 Å². The van der Waals surface area contributed by atoms with Crippen LogP contribution in [0.2, 0.25) is 0 Å². The van der Waals surface area contributed by atoms with Gasteiger partial charge < -0.3 is 10.1 Å². The summed E-state index contributed by atoms with van der Waals surface area (Å²) < 4.78 is 6.24. The Kier molecular flexibility index (Phi) is 6.27. The number of halogens is 1. The minimum Gasteiger partial charge on any atom is -0.496 e. The van der Waals surface area contributed by atoms with Crippen molar-refractivity contribution in [3.8, 4) is 5.75 Å². The van der Waals surface area contributed by atoms with Crippen LogP contribution in [0.15, 0.2) is 52.1 Å². The van der Waals surface area contributed by atoms with Gasteiger partial charge in [0, 0.05) is 16.2 Å². The number of nitrogens with one attached hydrogen (secondary N) is 1. The fourth-order valence-corrected chi connectivity index (χ4v) is 2.86. The number of carbonyl (C=O) groups excluding carboxylic acids is 1. The number of pyridine rings is 1. The summed E-state index contributed by atoms with van der Waals surface area (Å²) in [6, 6.07) is 11.4. The Morgan fingerprint density at radius 3 is 2.82 bits per heavy atom. The van der Waals surface area contributed by atoms with E-state index in [1.54, 1.807) is 13.3 Å². The van der Waals surface area contributed by atoms with Crippen molar-refractivity contribution in [1.82, 2.24) is 10.3 Å². The van der Waals surface area contributed by atoms with Crippen LogP contribution in [0.5, 0.6) is 5.75 Å². The number of para-hydroxylation sites is 1. The van der Waals surface area contributed by atoms with Crippen molar-refractivity contribution in [2.45, 2.75) is 18.0 Å². The van der Waals surface area contributed by atoms with Gasteiger partial charge in [-0.2, -0.15) is 0 Å². The number of thioether (sulfide) groups is 1. The fraction of sp³-hybridized carbons (Fsp3) is 0.250. The lowest BCUT2D eigenvalue weighted by Gasteiger charge is -2.17. The topological polar surface area (TPSA) is 51.2 Å². The van der Waals surface area contributed by atoms with Gasteiger partial charge in [0.1, 0.15) is 5.75 Å². The second-order valence-corrected chi connectivity index (χ2v) is 6.55. The van der Waals surface area contributed by atoms with E-state index in [1.807, 2.05) is 43.3 Å². The molecule has 0 aliphatic rings. The molecular weight excluding hydrogens is 364 g/mol. The number of hydrogen-bond donors (Lipinski definition) is 1. The third-order valence-corrected chi connectivity index (χ3v) is 4.45. The van der Waals surface area contributed by atoms with Gasteiger partial charge in [0.25, 0.3) is 0 Å². The molecule has 1 unspecified atom stereocenters. The molecule has 0 fully saturated rings. The maximum atomic E-state index is 12.1. The van der Waals surface area contributed by atoms with E-state index < -0.39 is 0 Å². The molecule has 1 atom stereocenters. The van der Waals surface area contributed by atoms with E-state index in [-0.39, 0.29) is 11.9 Å². The van der Waals surface area contributed by atoms with E-state index >= 15 is 0 Å². The minimum absolute atomic E-state index is 0.0341. The number of benzene rings is 1. The van der Waals surface area contributed by atoms with Crippen LogP contribution in [0.3, 0.4) is 0 Å². The number of nitrogens with zero attached hydrogens (tertiary/aromatic N) is 1. The van der Waals surface area contributed by atoms with Crippen molar-refractivity contribution in [3.63, 3.8) is 0 Å². The molecule has 1 aromatic heterocycles. The Morgan fingerprint density at radius 1 is 1.36 bits per heavy atom. The third-order valence-electron chi connectivity index (χ3n) is 3.03. The average Bonchev–Trinajstić information content (AvgIpc) is 2.54. The first-order valence-corrected chi connectivity index (χ1v) is 8.54. The zero-order chi connectivity index (χ0) is 15.9. The zero-order valence-electron chi connectivity index (χ0n) is 12.4. The summed E-state index contributed by atoms with van der Waals surface area (Å²) in [5, 5.41) is 3.80. The van der Waals surface area contributed by atoms with Gasteiger partial charge in [0.15, 0.2) is 0 Å². The predicted octanol–water partition coefficient (Wildman–Crippen LogP) is 3.82. The molecule has 116 valence electrons. The highest BCUT2D eigenvalue weighted by atomic mass is 79.9. The van der Waals surface area contributed by atoms with E-state index in [0.29, 0.717) is 5.75 Å². The summed E-state index contributed by atoms with van der Waals surface area (Å²) in [5.41, 5.74) is 0.963. The largest absolute Gasteiger partial charge is 0.496 e. The molecule has 6 heteroatoms. The van der Waals surface area contributed by atoms with Crippen LogP contribution in [0.4, 0.5) is 0 Å². The van der Waals surface area contributed by atoms with Crippen LogP contribution in [0, 0.1) is 0 Å². The molecule has 0 radical (unpaired) electrons. The van der Waals surface area contributed by atoms with Crippen molar-refractivity contribution in [2.24, 2.45) is 0 Å². The second-order valence-electron chi connectivity index (χ2n) is 4.63. The molecule has 1 amide bonds. The normalized spacial score (nSPS) is 11.8. The molecular formula is C16H17BrN2O2S. The van der Waals surface area contributed by atoms with Crippen LogP contribution in [-0.2, 0) is 4.79 Å². The fourth-order valence-electron chi connectivity index (χ4n) is 1.97. The summed E-state index contributed by atoms with van der Waals surface area (Å²) in [6.07, 6.45) is 1.72. The average molecular weight is 381 g/mol. The van der Waals surface area contributed by atoms with E-state index in [0.717, 1.165) is 20.8 Å². The summed E-state index contributed by atoms with van der Waals surface area (Å²) in [6.45, 7) is 1.94. The molecule has 0 bridgehead atoms. The number of amides is 1. The van der Waals surface area contributed by atoms with Gasteiger partial charge >= 0.3 is 0 Å². The molecule has 1 N–H and O–H groups in total. The lowest BCUT2D eigenvalue weighted by atomic mass is 10.1. The molecule has 22 heavy (non-hydrogen) atoms. The van der Waals surface area contributed by atoms with Gasteiger partial charge in [-0.15, -0.1) is 0 Å². The molecule has 0 saturated carbocycles. The molecule has 0 aliphatic heterocycles. The number of ether oxygens (including phenoxy) is 1. The predicted molar refractivity (Wildman–Crippen MR) is 92.2 cm³/mol. The van der Waals surface area contributed by atoms with Crippen LogP contribution in [0.25, 0.3) is 0 Å². The number of hydrogen-bond acceptors (Lipinski definition) is 4. The van der Waals surface area contributed by atoms with Crippen molar-refractivity contribution < 1.29 is 9.53 Å². The molecule has 2 aromatic rings. The van der Waals surface area contributed by atoms with Crippen molar-refractivity contribution >= 4 is 33.6 Å².